The number of rotatable bonds is 8. The van der Waals surface area contributed by atoms with Gasteiger partial charge in [0.05, 0.1) is 23.0 Å². The summed E-state index contributed by atoms with van der Waals surface area (Å²) in [7, 11) is 0. The molecule has 7 nitrogen and oxygen atoms in total. The van der Waals surface area contributed by atoms with E-state index in [0.29, 0.717) is 23.2 Å². The normalized spacial score (nSPS) is 12.9. The third kappa shape index (κ3) is 4.03. The van der Waals surface area contributed by atoms with Gasteiger partial charge < -0.3 is 10.2 Å². The van der Waals surface area contributed by atoms with E-state index in [1.165, 1.54) is 4.90 Å². The second-order valence-electron chi connectivity index (χ2n) is 6.54. The highest BCUT2D eigenvalue weighted by molar-refractivity contribution is 6.21. The first-order valence-electron chi connectivity index (χ1n) is 9.51. The highest BCUT2D eigenvalue weighted by Gasteiger charge is 2.34. The van der Waals surface area contributed by atoms with Gasteiger partial charge in [0.25, 0.3) is 11.8 Å². The Kier molecular flexibility index (Phi) is 6.03. The molecule has 146 valence electrons. The average molecular weight is 380 g/mol. The number of carbonyl (C=O) groups excluding carboxylic acids is 3. The molecule has 0 unspecified atom stereocenters. The van der Waals surface area contributed by atoms with E-state index in [1.807, 2.05) is 12.1 Å². The summed E-state index contributed by atoms with van der Waals surface area (Å²) in [5, 5.41) is 2.80. The molecule has 7 heteroatoms. The lowest BCUT2D eigenvalue weighted by atomic mass is 10.1. The van der Waals surface area contributed by atoms with Crippen molar-refractivity contribution in [2.24, 2.45) is 0 Å². The molecule has 2 heterocycles. The Balaban J connectivity index is 1.49. The number of hydrogen-bond acceptors (Lipinski definition) is 5. The number of fused-ring (bicyclic) bond motifs is 1. The van der Waals surface area contributed by atoms with Crippen LogP contribution in [-0.2, 0) is 4.79 Å². The van der Waals surface area contributed by atoms with Crippen molar-refractivity contribution in [3.8, 4) is 0 Å². The monoisotopic (exact) mass is 380 g/mol. The molecule has 0 aliphatic carbocycles. The van der Waals surface area contributed by atoms with Crippen molar-refractivity contribution in [1.82, 2.24) is 9.88 Å². The van der Waals surface area contributed by atoms with E-state index < -0.39 is 0 Å². The van der Waals surface area contributed by atoms with Crippen LogP contribution in [-0.4, -0.2) is 47.2 Å². The summed E-state index contributed by atoms with van der Waals surface area (Å²) < 4.78 is 0. The van der Waals surface area contributed by atoms with Crippen molar-refractivity contribution in [3.05, 3.63) is 53.7 Å². The molecule has 1 aliphatic heterocycles. The van der Waals surface area contributed by atoms with Gasteiger partial charge >= 0.3 is 0 Å². The maximum absolute atomic E-state index is 12.3. The Morgan fingerprint density at radius 1 is 1.04 bits per heavy atom. The van der Waals surface area contributed by atoms with Gasteiger partial charge in [0.2, 0.25) is 5.91 Å². The summed E-state index contributed by atoms with van der Waals surface area (Å²) in [5.41, 5.74) is 1.48. The minimum atomic E-state index is -0.294. The van der Waals surface area contributed by atoms with E-state index in [0.717, 1.165) is 18.9 Å². The van der Waals surface area contributed by atoms with E-state index in [1.54, 1.807) is 30.5 Å². The number of amides is 3. The van der Waals surface area contributed by atoms with Crippen LogP contribution >= 0.6 is 0 Å². The van der Waals surface area contributed by atoms with Gasteiger partial charge in [0, 0.05) is 26.1 Å². The van der Waals surface area contributed by atoms with E-state index in [4.69, 9.17) is 0 Å². The molecule has 1 aromatic heterocycles. The number of anilines is 2. The van der Waals surface area contributed by atoms with Gasteiger partial charge in [-0.05, 0) is 44.5 Å². The summed E-state index contributed by atoms with van der Waals surface area (Å²) in [6.07, 6.45) is 2.25. The number of hydrogen-bond donors (Lipinski definition) is 1. The Bertz CT molecular complexity index is 840. The van der Waals surface area contributed by atoms with Crippen molar-refractivity contribution in [1.29, 1.82) is 0 Å². The second-order valence-corrected chi connectivity index (χ2v) is 6.54. The smallest absolute Gasteiger partial charge is 0.261 e. The molecule has 1 N–H and O–H groups in total. The molecule has 2 aromatic rings. The van der Waals surface area contributed by atoms with E-state index in [2.05, 4.69) is 29.0 Å². The Hall–Kier alpha value is -3.22. The van der Waals surface area contributed by atoms with Crippen molar-refractivity contribution < 1.29 is 14.4 Å². The Morgan fingerprint density at radius 2 is 1.68 bits per heavy atom. The Morgan fingerprint density at radius 3 is 2.21 bits per heavy atom. The van der Waals surface area contributed by atoms with Crippen molar-refractivity contribution in [2.45, 2.75) is 26.7 Å². The minimum absolute atomic E-state index is 0.172. The molecule has 0 fully saturated rings. The van der Waals surface area contributed by atoms with Gasteiger partial charge in [-0.3, -0.25) is 19.3 Å². The summed E-state index contributed by atoms with van der Waals surface area (Å²) in [4.78, 5) is 44.5. The third-order valence-electron chi connectivity index (χ3n) is 4.78. The zero-order valence-corrected chi connectivity index (χ0v) is 16.1. The lowest BCUT2D eigenvalue weighted by Gasteiger charge is -2.19. The van der Waals surface area contributed by atoms with Crippen molar-refractivity contribution >= 4 is 29.2 Å². The fourth-order valence-corrected chi connectivity index (χ4v) is 3.26. The molecule has 1 aliphatic rings. The zero-order valence-electron chi connectivity index (χ0n) is 16.1. The first kappa shape index (κ1) is 19.5. The molecule has 0 spiro atoms. The van der Waals surface area contributed by atoms with Gasteiger partial charge in [-0.25, -0.2) is 4.98 Å². The molecule has 28 heavy (non-hydrogen) atoms. The fraction of sp³-hybridized carbons (Fsp3) is 0.333. The standard InChI is InChI=1S/C21H24N4O3/c1-3-24(4-2)18-12-11-15(14-22-18)23-19(26)10-7-13-25-20(27)16-8-5-6-9-17(16)21(25)28/h5-6,8-9,11-12,14H,3-4,7,10,13H2,1-2H3,(H,23,26). The molecule has 0 radical (unpaired) electrons. The molecular formula is C21H24N4O3. The molecule has 0 bridgehead atoms. The number of imide groups is 1. The minimum Gasteiger partial charge on any atom is -0.357 e. The van der Waals surface area contributed by atoms with Crippen LogP contribution in [0.4, 0.5) is 11.5 Å². The first-order chi connectivity index (χ1) is 13.5. The van der Waals surface area contributed by atoms with Crippen LogP contribution < -0.4 is 10.2 Å². The molecular weight excluding hydrogens is 356 g/mol. The van der Waals surface area contributed by atoms with Gasteiger partial charge in [0.15, 0.2) is 0 Å². The van der Waals surface area contributed by atoms with Crippen molar-refractivity contribution in [2.75, 3.05) is 29.9 Å². The van der Waals surface area contributed by atoms with E-state index in [9.17, 15) is 14.4 Å². The van der Waals surface area contributed by atoms with E-state index in [-0.39, 0.29) is 30.7 Å². The molecule has 0 saturated heterocycles. The molecule has 0 atom stereocenters. The zero-order chi connectivity index (χ0) is 20.1. The van der Waals surface area contributed by atoms with Gasteiger partial charge in [0.1, 0.15) is 5.82 Å². The molecule has 3 amide bonds. The van der Waals surface area contributed by atoms with Crippen LogP contribution in [0.2, 0.25) is 0 Å². The fourth-order valence-electron chi connectivity index (χ4n) is 3.26. The van der Waals surface area contributed by atoms with E-state index >= 15 is 0 Å². The number of benzene rings is 1. The predicted octanol–water partition coefficient (Wildman–Crippen LogP) is 2.94. The Labute approximate surface area is 164 Å². The highest BCUT2D eigenvalue weighted by Crippen LogP contribution is 2.22. The van der Waals surface area contributed by atoms with Crippen molar-refractivity contribution in [3.63, 3.8) is 0 Å². The number of pyridine rings is 1. The highest BCUT2D eigenvalue weighted by atomic mass is 16.2. The number of aromatic nitrogens is 1. The maximum atomic E-state index is 12.3. The maximum Gasteiger partial charge on any atom is 0.261 e. The quantitative estimate of drug-likeness (QED) is 0.712. The lowest BCUT2D eigenvalue weighted by molar-refractivity contribution is -0.116. The van der Waals surface area contributed by atoms with Crippen LogP contribution in [0.1, 0.15) is 47.4 Å². The molecule has 0 saturated carbocycles. The van der Waals surface area contributed by atoms with Crippen LogP contribution in [0.25, 0.3) is 0 Å². The predicted molar refractivity (Wildman–Crippen MR) is 107 cm³/mol. The van der Waals surface area contributed by atoms with Crippen LogP contribution in [0.5, 0.6) is 0 Å². The topological polar surface area (TPSA) is 82.6 Å². The van der Waals surface area contributed by atoms with Crippen LogP contribution in [0, 0.1) is 0 Å². The van der Waals surface area contributed by atoms with Crippen LogP contribution in [0.15, 0.2) is 42.6 Å². The summed E-state index contributed by atoms with van der Waals surface area (Å²) in [6, 6.07) is 10.5. The summed E-state index contributed by atoms with van der Waals surface area (Å²) >= 11 is 0. The SMILES string of the molecule is CCN(CC)c1ccc(NC(=O)CCCN2C(=O)c3ccccc3C2=O)cn1. The van der Waals surface area contributed by atoms with Gasteiger partial charge in [-0.15, -0.1) is 0 Å². The first-order valence-corrected chi connectivity index (χ1v) is 9.51. The van der Waals surface area contributed by atoms with Crippen LogP contribution in [0.3, 0.4) is 0 Å². The lowest BCUT2D eigenvalue weighted by Crippen LogP contribution is -2.31. The largest absolute Gasteiger partial charge is 0.357 e. The summed E-state index contributed by atoms with van der Waals surface area (Å²) in [6.45, 7) is 6.09. The number of nitrogens with zero attached hydrogens (tertiary/aromatic N) is 3. The third-order valence-corrected chi connectivity index (χ3v) is 4.78. The second kappa shape index (κ2) is 8.65. The van der Waals surface area contributed by atoms with Gasteiger partial charge in [-0.1, -0.05) is 12.1 Å². The molecule has 3 rings (SSSR count). The molecule has 1 aromatic carbocycles. The summed E-state index contributed by atoms with van der Waals surface area (Å²) in [5.74, 6) is 0.108. The number of carbonyl (C=O) groups is 3. The average Bonchev–Trinajstić information content (AvgIpc) is 2.95. The number of nitrogens with one attached hydrogen (secondary N) is 1. The van der Waals surface area contributed by atoms with Gasteiger partial charge in [-0.2, -0.15) is 0 Å².